The first kappa shape index (κ1) is 14.6. The predicted molar refractivity (Wildman–Crippen MR) is 74.9 cm³/mol. The van der Waals surface area contributed by atoms with Crippen molar-refractivity contribution in [3.05, 3.63) is 29.8 Å². The molecule has 2 N–H and O–H groups in total. The van der Waals surface area contributed by atoms with Crippen LogP contribution in [-0.2, 0) is 10.3 Å². The van der Waals surface area contributed by atoms with Crippen molar-refractivity contribution in [1.82, 2.24) is 15.1 Å². The van der Waals surface area contributed by atoms with Crippen LogP contribution in [0.25, 0.3) is 11.5 Å². The number of hydrogen-bond donors (Lipinski definition) is 1. The summed E-state index contributed by atoms with van der Waals surface area (Å²) in [7, 11) is 0. The second kappa shape index (κ2) is 6.11. The van der Waals surface area contributed by atoms with E-state index in [1.54, 1.807) is 6.20 Å². The molecular formula is C14H20N4O2. The van der Waals surface area contributed by atoms with Crippen molar-refractivity contribution in [2.24, 2.45) is 5.73 Å². The van der Waals surface area contributed by atoms with Gasteiger partial charge in [0.15, 0.2) is 5.82 Å². The van der Waals surface area contributed by atoms with Gasteiger partial charge in [0.05, 0.1) is 12.2 Å². The Kier molecular flexibility index (Phi) is 4.46. The summed E-state index contributed by atoms with van der Waals surface area (Å²) in [6.45, 7) is 6.79. The van der Waals surface area contributed by atoms with Crippen molar-refractivity contribution < 1.29 is 9.26 Å². The quantitative estimate of drug-likeness (QED) is 0.812. The first-order valence-electron chi connectivity index (χ1n) is 6.67. The molecule has 0 aromatic carbocycles. The molecule has 0 bridgehead atoms. The van der Waals surface area contributed by atoms with Crippen LogP contribution in [0.5, 0.6) is 0 Å². The zero-order valence-electron chi connectivity index (χ0n) is 12.1. The van der Waals surface area contributed by atoms with Gasteiger partial charge in [-0.1, -0.05) is 12.1 Å². The van der Waals surface area contributed by atoms with E-state index >= 15 is 0 Å². The molecule has 0 fully saturated rings. The van der Waals surface area contributed by atoms with E-state index in [4.69, 9.17) is 15.0 Å². The molecule has 6 nitrogen and oxygen atoms in total. The van der Waals surface area contributed by atoms with Crippen LogP contribution in [-0.4, -0.2) is 28.3 Å². The van der Waals surface area contributed by atoms with E-state index in [1.165, 1.54) is 0 Å². The Morgan fingerprint density at radius 3 is 2.95 bits per heavy atom. The number of aromatic nitrogens is 3. The van der Waals surface area contributed by atoms with E-state index in [9.17, 15) is 0 Å². The van der Waals surface area contributed by atoms with Crippen molar-refractivity contribution in [2.75, 3.05) is 13.2 Å². The molecule has 6 heteroatoms. The third kappa shape index (κ3) is 3.20. The van der Waals surface area contributed by atoms with Gasteiger partial charge in [0.25, 0.3) is 5.89 Å². The van der Waals surface area contributed by atoms with Crippen LogP contribution in [0.15, 0.2) is 22.9 Å². The minimum Gasteiger partial charge on any atom is -0.379 e. The molecule has 0 aliphatic carbocycles. The lowest BCUT2D eigenvalue weighted by molar-refractivity contribution is 0.0867. The Bertz CT molecular complexity index is 566. The molecule has 2 aromatic rings. The van der Waals surface area contributed by atoms with Crippen molar-refractivity contribution in [3.8, 4) is 11.5 Å². The molecule has 0 aliphatic heterocycles. The monoisotopic (exact) mass is 276 g/mol. The summed E-state index contributed by atoms with van der Waals surface area (Å²) < 4.78 is 10.8. The summed E-state index contributed by atoms with van der Waals surface area (Å²) in [6.07, 6.45) is 2.67. The number of nitrogens with zero attached hydrogens (tertiary/aromatic N) is 3. The number of hydrogen-bond acceptors (Lipinski definition) is 6. The first-order chi connectivity index (χ1) is 9.54. The van der Waals surface area contributed by atoms with Gasteiger partial charge >= 0.3 is 0 Å². The van der Waals surface area contributed by atoms with E-state index in [-0.39, 0.29) is 0 Å². The number of pyridine rings is 1. The molecule has 0 amide bonds. The van der Waals surface area contributed by atoms with Gasteiger partial charge in [-0.15, -0.1) is 0 Å². The SMILES string of the molecule is CCCOCC(C)(N)c1noc(-c2cccnc2C)n1. The van der Waals surface area contributed by atoms with Crippen LogP contribution < -0.4 is 5.73 Å². The molecular weight excluding hydrogens is 256 g/mol. The van der Waals surface area contributed by atoms with Crippen LogP contribution in [0.3, 0.4) is 0 Å². The fraction of sp³-hybridized carbons (Fsp3) is 0.500. The van der Waals surface area contributed by atoms with Crippen LogP contribution >= 0.6 is 0 Å². The summed E-state index contributed by atoms with van der Waals surface area (Å²) in [5.74, 6) is 0.865. The van der Waals surface area contributed by atoms with E-state index < -0.39 is 5.54 Å². The van der Waals surface area contributed by atoms with Crippen molar-refractivity contribution in [3.63, 3.8) is 0 Å². The van der Waals surface area contributed by atoms with Crippen LogP contribution in [0.1, 0.15) is 31.8 Å². The van der Waals surface area contributed by atoms with Gasteiger partial charge in [-0.25, -0.2) is 0 Å². The molecule has 20 heavy (non-hydrogen) atoms. The normalized spacial score (nSPS) is 14.2. The smallest absolute Gasteiger partial charge is 0.259 e. The molecule has 0 radical (unpaired) electrons. The van der Waals surface area contributed by atoms with E-state index in [2.05, 4.69) is 15.1 Å². The van der Waals surface area contributed by atoms with E-state index in [0.717, 1.165) is 17.7 Å². The highest BCUT2D eigenvalue weighted by Gasteiger charge is 2.28. The molecule has 0 spiro atoms. The zero-order valence-corrected chi connectivity index (χ0v) is 12.1. The molecule has 1 unspecified atom stereocenters. The van der Waals surface area contributed by atoms with Crippen molar-refractivity contribution in [2.45, 2.75) is 32.7 Å². The zero-order chi connectivity index (χ0) is 14.6. The number of rotatable bonds is 6. The number of aryl methyl sites for hydroxylation is 1. The maximum atomic E-state index is 6.18. The molecule has 0 saturated heterocycles. The summed E-state index contributed by atoms with van der Waals surface area (Å²) in [5, 5.41) is 3.97. The third-order valence-electron chi connectivity index (χ3n) is 2.92. The van der Waals surface area contributed by atoms with Crippen molar-refractivity contribution >= 4 is 0 Å². The first-order valence-corrected chi connectivity index (χ1v) is 6.67. The summed E-state index contributed by atoms with van der Waals surface area (Å²) in [5.41, 5.74) is 7.06. The topological polar surface area (TPSA) is 87.1 Å². The highest BCUT2D eigenvalue weighted by molar-refractivity contribution is 5.55. The van der Waals surface area contributed by atoms with Gasteiger partial charge in [-0.2, -0.15) is 4.98 Å². The lowest BCUT2D eigenvalue weighted by atomic mass is 10.1. The molecule has 2 rings (SSSR count). The fourth-order valence-electron chi connectivity index (χ4n) is 1.77. The van der Waals surface area contributed by atoms with Crippen LogP contribution in [0.4, 0.5) is 0 Å². The Morgan fingerprint density at radius 2 is 2.25 bits per heavy atom. The number of nitrogens with two attached hydrogens (primary N) is 1. The fourth-order valence-corrected chi connectivity index (χ4v) is 1.77. The summed E-state index contributed by atoms with van der Waals surface area (Å²) in [6, 6.07) is 3.72. The lowest BCUT2D eigenvalue weighted by Gasteiger charge is -2.19. The second-order valence-corrected chi connectivity index (χ2v) is 5.03. The Labute approximate surface area is 118 Å². The lowest BCUT2D eigenvalue weighted by Crippen LogP contribution is -2.39. The van der Waals surface area contributed by atoms with Gasteiger partial charge in [-0.05, 0) is 32.4 Å². The molecule has 2 aromatic heterocycles. The molecule has 1 atom stereocenters. The largest absolute Gasteiger partial charge is 0.379 e. The standard InChI is InChI=1S/C14H20N4O2/c1-4-8-19-9-14(3,15)13-17-12(20-18-13)11-6-5-7-16-10(11)2/h5-7H,4,8-9,15H2,1-3H3. The maximum Gasteiger partial charge on any atom is 0.259 e. The van der Waals surface area contributed by atoms with E-state index in [1.807, 2.05) is 32.9 Å². The predicted octanol–water partition coefficient (Wildman–Crippen LogP) is 2.04. The van der Waals surface area contributed by atoms with Gasteiger partial charge in [0.2, 0.25) is 0 Å². The summed E-state index contributed by atoms with van der Waals surface area (Å²) in [4.78, 5) is 8.57. The van der Waals surface area contributed by atoms with Crippen molar-refractivity contribution in [1.29, 1.82) is 0 Å². The number of ether oxygens (including phenoxy) is 1. The van der Waals surface area contributed by atoms with Crippen LogP contribution in [0.2, 0.25) is 0 Å². The van der Waals surface area contributed by atoms with Gasteiger partial charge < -0.3 is 15.0 Å². The van der Waals surface area contributed by atoms with Gasteiger partial charge in [-0.3, -0.25) is 4.98 Å². The Morgan fingerprint density at radius 1 is 1.45 bits per heavy atom. The Balaban J connectivity index is 2.18. The van der Waals surface area contributed by atoms with Gasteiger partial charge in [0, 0.05) is 18.5 Å². The average molecular weight is 276 g/mol. The van der Waals surface area contributed by atoms with Gasteiger partial charge in [0.1, 0.15) is 5.54 Å². The van der Waals surface area contributed by atoms with E-state index in [0.29, 0.717) is 24.9 Å². The van der Waals surface area contributed by atoms with Crippen LogP contribution in [0, 0.1) is 6.92 Å². The third-order valence-corrected chi connectivity index (χ3v) is 2.92. The Hall–Kier alpha value is -1.79. The molecule has 0 aliphatic rings. The molecule has 0 saturated carbocycles. The minimum atomic E-state index is -0.771. The highest BCUT2D eigenvalue weighted by Crippen LogP contribution is 2.23. The maximum absolute atomic E-state index is 6.18. The molecule has 108 valence electrons. The molecule has 2 heterocycles. The highest BCUT2D eigenvalue weighted by atomic mass is 16.5. The summed E-state index contributed by atoms with van der Waals surface area (Å²) >= 11 is 0. The minimum absolute atomic E-state index is 0.353. The second-order valence-electron chi connectivity index (χ2n) is 5.03. The average Bonchev–Trinajstić information content (AvgIpc) is 2.90.